The van der Waals surface area contributed by atoms with Crippen LogP contribution in [-0.2, 0) is 21.1 Å². The zero-order valence-electron chi connectivity index (χ0n) is 20.2. The molecule has 0 bridgehead atoms. The molecule has 1 saturated heterocycles. The fourth-order valence-corrected chi connectivity index (χ4v) is 6.92. The van der Waals surface area contributed by atoms with Gasteiger partial charge in [-0.15, -0.1) is 0 Å². The van der Waals surface area contributed by atoms with E-state index < -0.39 is 21.0 Å². The van der Waals surface area contributed by atoms with Gasteiger partial charge in [0.05, 0.1) is 33.5 Å². The van der Waals surface area contributed by atoms with Crippen LogP contribution in [0.4, 0.5) is 11.4 Å². The molecule has 5 rings (SSSR count). The van der Waals surface area contributed by atoms with E-state index in [1.807, 2.05) is 18.2 Å². The average molecular weight is 509 g/mol. The second kappa shape index (κ2) is 9.09. The second-order valence-electron chi connectivity index (χ2n) is 9.30. The summed E-state index contributed by atoms with van der Waals surface area (Å²) >= 11 is 0. The molecule has 9 nitrogen and oxygen atoms in total. The number of pyridine rings is 1. The number of hydrogen-bond donors (Lipinski definition) is 2. The number of hydrogen-bond acceptors (Lipinski definition) is 7. The summed E-state index contributed by atoms with van der Waals surface area (Å²) in [7, 11) is -3.69. The maximum Gasteiger partial charge on any atom is 0.252 e. The summed E-state index contributed by atoms with van der Waals surface area (Å²) in [6.45, 7) is 4.68. The molecule has 0 aliphatic carbocycles. The normalized spacial score (nSPS) is 16.0. The number of fused-ring (bicyclic) bond motifs is 2. The lowest BCUT2D eigenvalue weighted by Gasteiger charge is -2.31. The molecule has 36 heavy (non-hydrogen) atoms. The van der Waals surface area contributed by atoms with Crippen molar-refractivity contribution in [3.63, 3.8) is 0 Å². The predicted octanol–water partition coefficient (Wildman–Crippen LogP) is 3.11. The van der Waals surface area contributed by atoms with E-state index in [9.17, 15) is 18.0 Å². The number of benzene rings is 2. The van der Waals surface area contributed by atoms with Crippen LogP contribution in [0.3, 0.4) is 0 Å². The smallest absolute Gasteiger partial charge is 0.252 e. The van der Waals surface area contributed by atoms with Crippen molar-refractivity contribution in [2.45, 2.75) is 43.3 Å². The first-order chi connectivity index (χ1) is 17.2. The van der Waals surface area contributed by atoms with Crippen molar-refractivity contribution >= 4 is 43.9 Å². The molecule has 2 amide bonds. The Bertz CT molecular complexity index is 1490. The van der Waals surface area contributed by atoms with Gasteiger partial charge in [-0.05, 0) is 49.6 Å². The Morgan fingerprint density at radius 1 is 1.19 bits per heavy atom. The topological polar surface area (TPSA) is 132 Å². The number of aromatic nitrogens is 1. The summed E-state index contributed by atoms with van der Waals surface area (Å²) in [5.41, 5.74) is 9.28. The zero-order chi connectivity index (χ0) is 25.6. The number of primary amides is 1. The van der Waals surface area contributed by atoms with Crippen molar-refractivity contribution in [2.24, 2.45) is 5.73 Å². The van der Waals surface area contributed by atoms with Gasteiger partial charge in [0.15, 0.2) is 9.84 Å². The highest BCUT2D eigenvalue weighted by molar-refractivity contribution is 7.92. The van der Waals surface area contributed by atoms with Crippen LogP contribution in [0.25, 0.3) is 10.9 Å². The summed E-state index contributed by atoms with van der Waals surface area (Å²) in [5.74, 6) is 0.0551. The van der Waals surface area contributed by atoms with Crippen molar-refractivity contribution in [3.05, 3.63) is 53.2 Å². The molecule has 10 heteroatoms. The quantitative estimate of drug-likeness (QED) is 0.541. The molecule has 0 radical (unpaired) electrons. The first kappa shape index (κ1) is 24.1. The predicted molar refractivity (Wildman–Crippen MR) is 136 cm³/mol. The van der Waals surface area contributed by atoms with Gasteiger partial charge in [-0.2, -0.15) is 0 Å². The molecule has 1 fully saturated rings. The summed E-state index contributed by atoms with van der Waals surface area (Å²) in [5, 5.41) is 3.25. The molecular formula is C26H28N4O5S. The first-order valence-electron chi connectivity index (χ1n) is 11.9. The zero-order valence-corrected chi connectivity index (χ0v) is 21.0. The number of nitrogens with one attached hydrogen (secondary N) is 1. The van der Waals surface area contributed by atoms with Crippen LogP contribution in [0.5, 0.6) is 5.75 Å². The van der Waals surface area contributed by atoms with Crippen molar-refractivity contribution in [2.75, 3.05) is 25.0 Å². The number of ether oxygens (including phenoxy) is 1. The number of nitrogens with zero attached hydrogens (tertiary/aromatic N) is 2. The third kappa shape index (κ3) is 4.15. The number of anilines is 2. The molecule has 3 N–H and O–H groups in total. The number of piperidine rings is 1. The van der Waals surface area contributed by atoms with Crippen molar-refractivity contribution in [1.29, 1.82) is 0 Å². The van der Waals surface area contributed by atoms with Gasteiger partial charge in [0.1, 0.15) is 5.75 Å². The Hall–Kier alpha value is -3.66. The van der Waals surface area contributed by atoms with Crippen LogP contribution >= 0.6 is 0 Å². The molecule has 2 aliphatic rings. The Morgan fingerprint density at radius 2 is 1.94 bits per heavy atom. The Balaban J connectivity index is 1.61. The van der Waals surface area contributed by atoms with Gasteiger partial charge in [-0.25, -0.2) is 8.42 Å². The van der Waals surface area contributed by atoms with Gasteiger partial charge in [0.25, 0.3) is 5.91 Å². The van der Waals surface area contributed by atoms with E-state index in [0.717, 1.165) is 17.0 Å². The minimum Gasteiger partial charge on any atom is -0.493 e. The van der Waals surface area contributed by atoms with E-state index in [0.29, 0.717) is 61.1 Å². The first-order valence-corrected chi connectivity index (χ1v) is 13.5. The van der Waals surface area contributed by atoms with E-state index in [1.54, 1.807) is 24.0 Å². The largest absolute Gasteiger partial charge is 0.493 e. The molecule has 188 valence electrons. The van der Waals surface area contributed by atoms with Crippen LogP contribution in [0.15, 0.2) is 41.4 Å². The molecule has 2 aromatic carbocycles. The summed E-state index contributed by atoms with van der Waals surface area (Å²) < 4.78 is 33.0. The second-order valence-corrected chi connectivity index (χ2v) is 11.5. The summed E-state index contributed by atoms with van der Waals surface area (Å²) in [6.07, 6.45) is 2.88. The van der Waals surface area contributed by atoms with Crippen LogP contribution < -0.4 is 15.8 Å². The number of amides is 2. The van der Waals surface area contributed by atoms with Gasteiger partial charge >= 0.3 is 0 Å². The van der Waals surface area contributed by atoms with E-state index in [-0.39, 0.29) is 16.4 Å². The lowest BCUT2D eigenvalue weighted by Crippen LogP contribution is -2.41. The van der Waals surface area contributed by atoms with Crippen LogP contribution in [0, 0.1) is 6.92 Å². The van der Waals surface area contributed by atoms with Crippen molar-refractivity contribution < 1.29 is 22.7 Å². The van der Waals surface area contributed by atoms with Gasteiger partial charge in [-0.1, -0.05) is 6.07 Å². The fraction of sp³-hybridized carbons (Fsp3) is 0.346. The molecule has 0 spiro atoms. The number of carbonyl (C=O) groups is 2. The molecule has 0 unspecified atom stereocenters. The number of likely N-dealkylation sites (tertiary alicyclic amines) is 1. The van der Waals surface area contributed by atoms with Gasteiger partial charge in [0, 0.05) is 49.3 Å². The van der Waals surface area contributed by atoms with Gasteiger partial charge in [-0.3, -0.25) is 14.6 Å². The lowest BCUT2D eigenvalue weighted by molar-refractivity contribution is -0.129. The highest BCUT2D eigenvalue weighted by Crippen LogP contribution is 2.38. The highest BCUT2D eigenvalue weighted by Gasteiger charge is 2.33. The van der Waals surface area contributed by atoms with Crippen LogP contribution in [-0.4, -0.2) is 55.1 Å². The number of aryl methyl sites for hydroxylation is 1. The Kier molecular flexibility index (Phi) is 6.07. The van der Waals surface area contributed by atoms with E-state index in [1.165, 1.54) is 13.1 Å². The molecule has 0 atom stereocenters. The minimum atomic E-state index is -3.69. The van der Waals surface area contributed by atoms with E-state index in [2.05, 4.69) is 10.3 Å². The monoisotopic (exact) mass is 508 g/mol. The summed E-state index contributed by atoms with van der Waals surface area (Å²) in [4.78, 5) is 30.3. The van der Waals surface area contributed by atoms with Crippen molar-refractivity contribution in [1.82, 2.24) is 9.88 Å². The molecular weight excluding hydrogens is 480 g/mol. The lowest BCUT2D eigenvalue weighted by atomic mass is 10.0. The third-order valence-electron chi connectivity index (χ3n) is 7.06. The van der Waals surface area contributed by atoms with Gasteiger partial charge in [0.2, 0.25) is 5.91 Å². The number of sulfone groups is 1. The van der Waals surface area contributed by atoms with Gasteiger partial charge < -0.3 is 20.7 Å². The maximum atomic E-state index is 13.6. The van der Waals surface area contributed by atoms with E-state index in [4.69, 9.17) is 10.5 Å². The SMILES string of the molecule is CC(=O)N1CCC(S(=O)(=O)c2cc(C)c3ncc(C(N)=O)c(Nc4cccc5c4CCO5)c3c2)CC1. The highest BCUT2D eigenvalue weighted by atomic mass is 32.2. The van der Waals surface area contributed by atoms with Crippen molar-refractivity contribution in [3.8, 4) is 5.75 Å². The number of carbonyl (C=O) groups excluding carboxylic acids is 2. The Morgan fingerprint density at radius 3 is 2.64 bits per heavy atom. The number of nitrogens with two attached hydrogens (primary N) is 1. The molecule has 0 saturated carbocycles. The Labute approximate surface area is 209 Å². The van der Waals surface area contributed by atoms with Crippen LogP contribution in [0.1, 0.15) is 41.3 Å². The third-order valence-corrected chi connectivity index (χ3v) is 9.30. The maximum absolute atomic E-state index is 13.6. The van der Waals surface area contributed by atoms with Crippen LogP contribution in [0.2, 0.25) is 0 Å². The van der Waals surface area contributed by atoms with E-state index >= 15 is 0 Å². The minimum absolute atomic E-state index is 0.0500. The molecule has 1 aromatic heterocycles. The average Bonchev–Trinajstić information content (AvgIpc) is 3.34. The fourth-order valence-electron chi connectivity index (χ4n) is 5.08. The molecule has 3 heterocycles. The summed E-state index contributed by atoms with van der Waals surface area (Å²) in [6, 6.07) is 8.84. The number of rotatable bonds is 5. The standard InChI is InChI=1S/C26H28N4O5S/c1-15-12-18(36(33,34)17-6-9-30(10-7-17)16(2)31)13-20-24(15)28-14-21(26(27)32)25(20)29-22-4-3-5-23-19(22)8-11-35-23/h3-5,12-14,17H,6-11H2,1-2H3,(H2,27,32)(H,28,29). The molecule has 2 aliphatic heterocycles. The molecule has 3 aromatic rings.